The largest absolute Gasteiger partial charge is 0.322 e. The maximum atomic E-state index is 6.25. The van der Waals surface area contributed by atoms with Gasteiger partial charge in [0.1, 0.15) is 0 Å². The molecule has 0 spiro atoms. The summed E-state index contributed by atoms with van der Waals surface area (Å²) in [5.74, 6) is 0. The normalized spacial score (nSPS) is 12.6. The van der Waals surface area contributed by atoms with Gasteiger partial charge in [-0.05, 0) is 45.4 Å². The molecule has 2 aromatic heterocycles. The number of hydrogen-bond acceptors (Lipinski definition) is 3. The number of thiophene rings is 1. The molecule has 1 unspecified atom stereocenters. The van der Waals surface area contributed by atoms with Crippen molar-refractivity contribution in [2.75, 3.05) is 0 Å². The number of aryl methyl sites for hydroxylation is 1. The third-order valence-corrected chi connectivity index (χ3v) is 4.70. The van der Waals surface area contributed by atoms with Gasteiger partial charge < -0.3 is 5.73 Å². The Morgan fingerprint density at radius 1 is 1.47 bits per heavy atom. The highest BCUT2D eigenvalue weighted by molar-refractivity contribution is 9.10. The highest BCUT2D eigenvalue weighted by atomic mass is 79.9. The van der Waals surface area contributed by atoms with Gasteiger partial charge in [0.05, 0.1) is 11.7 Å². The zero-order valence-corrected chi connectivity index (χ0v) is 12.1. The Morgan fingerprint density at radius 3 is 2.94 bits per heavy atom. The number of halogens is 1. The molecule has 2 nitrogen and oxygen atoms in total. The van der Waals surface area contributed by atoms with Crippen molar-refractivity contribution < 1.29 is 0 Å². The average Bonchev–Trinajstić information content (AvgIpc) is 2.75. The second-order valence-corrected chi connectivity index (χ2v) is 5.76. The van der Waals surface area contributed by atoms with Crippen LogP contribution in [0.15, 0.2) is 34.2 Å². The molecule has 0 saturated carbocycles. The Morgan fingerprint density at radius 2 is 2.29 bits per heavy atom. The summed E-state index contributed by atoms with van der Waals surface area (Å²) in [5, 5.41) is 2.07. The molecule has 0 fully saturated rings. The molecule has 17 heavy (non-hydrogen) atoms. The van der Waals surface area contributed by atoms with E-state index in [4.69, 9.17) is 5.73 Å². The van der Waals surface area contributed by atoms with E-state index in [0.29, 0.717) is 0 Å². The molecule has 0 bridgehead atoms. The number of pyridine rings is 1. The molecule has 0 aromatic carbocycles. The van der Waals surface area contributed by atoms with Crippen LogP contribution in [0.3, 0.4) is 0 Å². The number of nitrogens with two attached hydrogens (primary N) is 1. The summed E-state index contributed by atoms with van der Waals surface area (Å²) in [7, 11) is 0. The summed E-state index contributed by atoms with van der Waals surface area (Å²) >= 11 is 5.27. The zero-order chi connectivity index (χ0) is 12.3. The van der Waals surface area contributed by atoms with E-state index < -0.39 is 0 Å². The maximum absolute atomic E-state index is 6.25. The molecule has 1 atom stereocenters. The lowest BCUT2D eigenvalue weighted by Crippen LogP contribution is -2.16. The van der Waals surface area contributed by atoms with Gasteiger partial charge in [-0.3, -0.25) is 4.98 Å². The molecule has 0 aliphatic carbocycles. The van der Waals surface area contributed by atoms with Crippen molar-refractivity contribution in [1.82, 2.24) is 4.98 Å². The van der Waals surface area contributed by atoms with Gasteiger partial charge in [-0.15, -0.1) is 11.3 Å². The van der Waals surface area contributed by atoms with E-state index >= 15 is 0 Å². The van der Waals surface area contributed by atoms with E-state index in [9.17, 15) is 0 Å². The Kier molecular flexibility index (Phi) is 4.31. The van der Waals surface area contributed by atoms with Crippen LogP contribution < -0.4 is 5.73 Å². The van der Waals surface area contributed by atoms with E-state index in [0.717, 1.165) is 23.0 Å². The van der Waals surface area contributed by atoms with Gasteiger partial charge in [0.15, 0.2) is 0 Å². The lowest BCUT2D eigenvalue weighted by atomic mass is 10.0. The first kappa shape index (κ1) is 12.7. The van der Waals surface area contributed by atoms with E-state index in [1.54, 1.807) is 11.3 Å². The summed E-state index contributed by atoms with van der Waals surface area (Å²) < 4.78 is 1.15. The summed E-state index contributed by atoms with van der Waals surface area (Å²) in [4.78, 5) is 5.71. The molecule has 0 aliphatic rings. The van der Waals surface area contributed by atoms with E-state index in [1.165, 1.54) is 10.4 Å². The predicted molar refractivity (Wildman–Crippen MR) is 76.3 cm³/mol. The summed E-state index contributed by atoms with van der Waals surface area (Å²) in [6.45, 7) is 2.13. The summed E-state index contributed by atoms with van der Waals surface area (Å²) in [6.07, 6.45) is 3.63. The second kappa shape index (κ2) is 5.76. The topological polar surface area (TPSA) is 38.9 Å². The molecule has 0 aliphatic heterocycles. The van der Waals surface area contributed by atoms with Crippen molar-refractivity contribution in [3.05, 3.63) is 50.4 Å². The fourth-order valence-corrected chi connectivity index (χ4v) is 3.42. The Hall–Kier alpha value is -0.710. The Balaban J connectivity index is 2.20. The SMILES string of the molecule is CCc1cccnc1C(N)Cc1sccc1Br. The quantitative estimate of drug-likeness (QED) is 0.935. The number of hydrogen-bond donors (Lipinski definition) is 1. The monoisotopic (exact) mass is 310 g/mol. The summed E-state index contributed by atoms with van der Waals surface area (Å²) in [5.41, 5.74) is 8.52. The molecule has 0 saturated heterocycles. The first-order valence-corrected chi connectivity index (χ1v) is 7.31. The van der Waals surface area contributed by atoms with E-state index in [-0.39, 0.29) is 6.04 Å². The molecule has 2 aromatic rings. The van der Waals surface area contributed by atoms with Gasteiger partial charge >= 0.3 is 0 Å². The molecule has 2 N–H and O–H groups in total. The van der Waals surface area contributed by atoms with Crippen LogP contribution in [0.2, 0.25) is 0 Å². The third kappa shape index (κ3) is 2.94. The average molecular weight is 311 g/mol. The third-order valence-electron chi connectivity index (χ3n) is 2.75. The lowest BCUT2D eigenvalue weighted by Gasteiger charge is -2.14. The van der Waals surface area contributed by atoms with Gasteiger partial charge in [-0.25, -0.2) is 0 Å². The molecular weight excluding hydrogens is 296 g/mol. The van der Waals surface area contributed by atoms with Crippen LogP contribution in [-0.4, -0.2) is 4.98 Å². The second-order valence-electron chi connectivity index (χ2n) is 3.90. The minimum Gasteiger partial charge on any atom is -0.322 e. The van der Waals surface area contributed by atoms with Crippen molar-refractivity contribution in [3.63, 3.8) is 0 Å². The van der Waals surface area contributed by atoms with Gasteiger partial charge in [-0.2, -0.15) is 0 Å². The lowest BCUT2D eigenvalue weighted by molar-refractivity contribution is 0.690. The fraction of sp³-hybridized carbons (Fsp3) is 0.308. The van der Waals surface area contributed by atoms with Gasteiger partial charge in [0.25, 0.3) is 0 Å². The number of nitrogens with zero attached hydrogens (tertiary/aromatic N) is 1. The van der Waals surface area contributed by atoms with Crippen LogP contribution in [0.4, 0.5) is 0 Å². The minimum atomic E-state index is -0.0268. The Labute approximate surface area is 114 Å². The van der Waals surface area contributed by atoms with E-state index in [1.807, 2.05) is 12.3 Å². The molecule has 0 amide bonds. The van der Waals surface area contributed by atoms with Crippen LogP contribution in [0, 0.1) is 0 Å². The fourth-order valence-electron chi connectivity index (χ4n) is 1.85. The molecule has 90 valence electrons. The Bertz CT molecular complexity index is 496. The van der Waals surface area contributed by atoms with Crippen LogP contribution in [0.25, 0.3) is 0 Å². The van der Waals surface area contributed by atoms with Crippen molar-refractivity contribution in [2.45, 2.75) is 25.8 Å². The summed E-state index contributed by atoms with van der Waals surface area (Å²) in [6, 6.07) is 6.11. The number of rotatable bonds is 4. The highest BCUT2D eigenvalue weighted by Crippen LogP contribution is 2.27. The van der Waals surface area contributed by atoms with Crippen molar-refractivity contribution >= 4 is 27.3 Å². The van der Waals surface area contributed by atoms with Gasteiger partial charge in [0, 0.05) is 22.0 Å². The molecule has 4 heteroatoms. The molecule has 2 rings (SSSR count). The number of aromatic nitrogens is 1. The van der Waals surface area contributed by atoms with Crippen molar-refractivity contribution in [1.29, 1.82) is 0 Å². The molecular formula is C13H15BrN2S. The highest BCUT2D eigenvalue weighted by Gasteiger charge is 2.14. The van der Waals surface area contributed by atoms with Crippen LogP contribution in [0.1, 0.15) is 29.1 Å². The van der Waals surface area contributed by atoms with Crippen molar-refractivity contribution in [2.24, 2.45) is 5.73 Å². The predicted octanol–water partition coefficient (Wildman–Crippen LogP) is 3.71. The van der Waals surface area contributed by atoms with E-state index in [2.05, 4.69) is 45.4 Å². The first-order chi connectivity index (χ1) is 8.22. The zero-order valence-electron chi connectivity index (χ0n) is 9.69. The van der Waals surface area contributed by atoms with Crippen LogP contribution in [-0.2, 0) is 12.8 Å². The van der Waals surface area contributed by atoms with Crippen molar-refractivity contribution in [3.8, 4) is 0 Å². The molecule has 2 heterocycles. The first-order valence-electron chi connectivity index (χ1n) is 5.63. The minimum absolute atomic E-state index is 0.0268. The van der Waals surface area contributed by atoms with Gasteiger partial charge in [0.2, 0.25) is 0 Å². The smallest absolute Gasteiger partial charge is 0.0606 e. The van der Waals surface area contributed by atoms with Crippen LogP contribution in [0.5, 0.6) is 0 Å². The van der Waals surface area contributed by atoms with Gasteiger partial charge in [-0.1, -0.05) is 13.0 Å². The van der Waals surface area contributed by atoms with Crippen LogP contribution >= 0.6 is 27.3 Å². The standard InChI is InChI=1S/C13H15BrN2S/c1-2-9-4-3-6-16-13(9)11(15)8-12-10(14)5-7-17-12/h3-7,11H,2,8,15H2,1H3. The maximum Gasteiger partial charge on any atom is 0.0606 e. The molecule has 0 radical (unpaired) electrons.